The SMILES string of the molecule is Nc1c2c(cc(=O)n1-c1cc(S(=O)(=O)O)ccc1Oc1ccccc1)C(=O)NC2=O. The molecule has 0 saturated heterocycles. The number of nitrogens with zero attached hydrogens (tertiary/aromatic N) is 1. The van der Waals surface area contributed by atoms with Gasteiger partial charge in [-0.3, -0.25) is 28.8 Å². The lowest BCUT2D eigenvalue weighted by molar-refractivity contribution is 0.0880. The highest BCUT2D eigenvalue weighted by Gasteiger charge is 2.32. The maximum absolute atomic E-state index is 12.7. The topological polar surface area (TPSA) is 158 Å². The average Bonchev–Trinajstić information content (AvgIpc) is 2.96. The summed E-state index contributed by atoms with van der Waals surface area (Å²) in [6, 6.07) is 12.6. The fourth-order valence-electron chi connectivity index (χ4n) is 3.06. The summed E-state index contributed by atoms with van der Waals surface area (Å²) in [6.45, 7) is 0. The quantitative estimate of drug-likeness (QED) is 0.416. The van der Waals surface area contributed by atoms with E-state index < -0.39 is 32.4 Å². The molecule has 0 fully saturated rings. The number of imide groups is 1. The molecule has 30 heavy (non-hydrogen) atoms. The second kappa shape index (κ2) is 6.83. The fraction of sp³-hybridized carbons (Fsp3) is 0. The zero-order chi connectivity index (χ0) is 21.6. The number of fused-ring (bicyclic) bond motifs is 1. The van der Waals surface area contributed by atoms with Crippen LogP contribution in [0.4, 0.5) is 5.82 Å². The van der Waals surface area contributed by atoms with Crippen LogP contribution in [0.2, 0.25) is 0 Å². The van der Waals surface area contributed by atoms with Crippen LogP contribution in [-0.2, 0) is 10.1 Å². The number of para-hydroxylation sites is 1. The fourth-order valence-corrected chi connectivity index (χ4v) is 3.56. The van der Waals surface area contributed by atoms with E-state index in [0.717, 1.165) is 22.8 Å². The molecule has 2 aromatic carbocycles. The lowest BCUT2D eigenvalue weighted by Gasteiger charge is -2.17. The van der Waals surface area contributed by atoms with Gasteiger partial charge in [0.05, 0.1) is 21.7 Å². The standard InChI is InChI=1S/C19H13N3O7S/c20-17-16-12(18(24)21-19(16)25)9-15(23)22(17)13-8-11(30(26,27)28)6-7-14(13)29-10-4-2-1-3-5-10/h1-9H,20H2,(H,21,24,25)(H,26,27,28). The molecule has 2 amide bonds. The number of nitrogen functional groups attached to an aromatic ring is 1. The monoisotopic (exact) mass is 427 g/mol. The van der Waals surface area contributed by atoms with E-state index in [1.54, 1.807) is 30.3 Å². The van der Waals surface area contributed by atoms with E-state index in [0.29, 0.717) is 5.75 Å². The summed E-state index contributed by atoms with van der Waals surface area (Å²) < 4.78 is 39.3. The van der Waals surface area contributed by atoms with Crippen molar-refractivity contribution in [2.24, 2.45) is 0 Å². The molecule has 1 aromatic heterocycles. The molecule has 11 heteroatoms. The zero-order valence-electron chi connectivity index (χ0n) is 15.0. The van der Waals surface area contributed by atoms with E-state index >= 15 is 0 Å². The highest BCUT2D eigenvalue weighted by molar-refractivity contribution is 7.85. The number of anilines is 1. The molecular weight excluding hydrogens is 414 g/mol. The summed E-state index contributed by atoms with van der Waals surface area (Å²) in [6.07, 6.45) is 0. The second-order valence-electron chi connectivity index (χ2n) is 6.29. The summed E-state index contributed by atoms with van der Waals surface area (Å²) in [4.78, 5) is 36.2. The number of hydrogen-bond donors (Lipinski definition) is 3. The number of carbonyl (C=O) groups excluding carboxylic acids is 2. The minimum absolute atomic E-state index is 0.0204. The van der Waals surface area contributed by atoms with Gasteiger partial charge in [-0.05, 0) is 30.3 Å². The van der Waals surface area contributed by atoms with Crippen LogP contribution in [-0.4, -0.2) is 29.4 Å². The lowest BCUT2D eigenvalue weighted by atomic mass is 10.1. The summed E-state index contributed by atoms with van der Waals surface area (Å²) in [7, 11) is -4.62. The number of ether oxygens (including phenoxy) is 1. The number of nitrogens with one attached hydrogen (secondary N) is 1. The number of hydrogen-bond acceptors (Lipinski definition) is 7. The largest absolute Gasteiger partial charge is 0.455 e. The van der Waals surface area contributed by atoms with Crippen molar-refractivity contribution in [1.82, 2.24) is 9.88 Å². The molecular formula is C19H13N3O7S. The van der Waals surface area contributed by atoms with Crippen molar-refractivity contribution < 1.29 is 27.3 Å². The van der Waals surface area contributed by atoms with Gasteiger partial charge in [0, 0.05) is 6.07 Å². The van der Waals surface area contributed by atoms with Gasteiger partial charge in [0.15, 0.2) is 5.75 Å². The van der Waals surface area contributed by atoms with E-state index in [2.05, 4.69) is 0 Å². The molecule has 4 N–H and O–H groups in total. The van der Waals surface area contributed by atoms with Crippen molar-refractivity contribution in [3.05, 3.63) is 76.1 Å². The molecule has 1 aliphatic heterocycles. The predicted molar refractivity (Wildman–Crippen MR) is 105 cm³/mol. The first kappa shape index (κ1) is 19.4. The van der Waals surface area contributed by atoms with E-state index in [-0.39, 0.29) is 28.4 Å². The van der Waals surface area contributed by atoms with E-state index in [9.17, 15) is 27.4 Å². The number of rotatable bonds is 4. The first-order chi connectivity index (χ1) is 14.2. The average molecular weight is 427 g/mol. The van der Waals surface area contributed by atoms with Crippen molar-refractivity contribution in [3.8, 4) is 17.2 Å². The third-order valence-electron chi connectivity index (χ3n) is 4.39. The van der Waals surface area contributed by atoms with Gasteiger partial charge in [-0.1, -0.05) is 18.2 Å². The van der Waals surface area contributed by atoms with Gasteiger partial charge < -0.3 is 10.5 Å². The Kier molecular flexibility index (Phi) is 4.41. The molecule has 0 atom stereocenters. The van der Waals surface area contributed by atoms with Gasteiger partial charge >= 0.3 is 0 Å². The second-order valence-corrected chi connectivity index (χ2v) is 7.72. The van der Waals surface area contributed by atoms with Crippen molar-refractivity contribution in [2.45, 2.75) is 4.90 Å². The van der Waals surface area contributed by atoms with Gasteiger partial charge in [0.2, 0.25) is 0 Å². The van der Waals surface area contributed by atoms with Gasteiger partial charge in [-0.25, -0.2) is 0 Å². The number of aromatic nitrogens is 1. The smallest absolute Gasteiger partial charge is 0.294 e. The third-order valence-corrected chi connectivity index (χ3v) is 5.24. The number of carbonyl (C=O) groups is 2. The van der Waals surface area contributed by atoms with Gasteiger partial charge in [-0.15, -0.1) is 0 Å². The molecule has 10 nitrogen and oxygen atoms in total. The Bertz CT molecular complexity index is 1380. The van der Waals surface area contributed by atoms with Crippen molar-refractivity contribution in [3.63, 3.8) is 0 Å². The van der Waals surface area contributed by atoms with Gasteiger partial charge in [0.1, 0.15) is 11.6 Å². The Balaban J connectivity index is 2.00. The molecule has 0 spiro atoms. The zero-order valence-corrected chi connectivity index (χ0v) is 15.8. The van der Waals surface area contributed by atoms with Crippen LogP contribution < -0.4 is 21.3 Å². The number of benzene rings is 2. The molecule has 4 rings (SSSR count). The highest BCUT2D eigenvalue weighted by Crippen LogP contribution is 2.32. The molecule has 152 valence electrons. The molecule has 3 aromatic rings. The predicted octanol–water partition coefficient (Wildman–Crippen LogP) is 1.34. The Labute approximate surface area is 169 Å². The first-order valence-corrected chi connectivity index (χ1v) is 9.87. The van der Waals surface area contributed by atoms with E-state index in [1.807, 2.05) is 5.32 Å². The molecule has 0 saturated carbocycles. The molecule has 0 bridgehead atoms. The minimum atomic E-state index is -4.62. The van der Waals surface area contributed by atoms with Crippen molar-refractivity contribution in [1.29, 1.82) is 0 Å². The molecule has 1 aliphatic rings. The summed E-state index contributed by atoms with van der Waals surface area (Å²) in [5, 5.41) is 2.04. The van der Waals surface area contributed by atoms with Crippen LogP contribution in [0.25, 0.3) is 5.69 Å². The summed E-state index contributed by atoms with van der Waals surface area (Å²) in [5.74, 6) is -1.55. The molecule has 0 aliphatic carbocycles. The van der Waals surface area contributed by atoms with Crippen LogP contribution in [0.5, 0.6) is 11.5 Å². The summed E-state index contributed by atoms with van der Waals surface area (Å²) >= 11 is 0. The minimum Gasteiger partial charge on any atom is -0.455 e. The molecule has 0 unspecified atom stereocenters. The Morgan fingerprint density at radius 1 is 0.967 bits per heavy atom. The Hall–Kier alpha value is -3.96. The van der Waals surface area contributed by atoms with Gasteiger partial charge in [-0.2, -0.15) is 8.42 Å². The first-order valence-electron chi connectivity index (χ1n) is 8.43. The van der Waals surface area contributed by atoms with Crippen molar-refractivity contribution in [2.75, 3.05) is 5.73 Å². The lowest BCUT2D eigenvalue weighted by Crippen LogP contribution is -2.24. The summed E-state index contributed by atoms with van der Waals surface area (Å²) in [5.41, 5.74) is 4.67. The van der Waals surface area contributed by atoms with Crippen LogP contribution in [0.1, 0.15) is 20.7 Å². The van der Waals surface area contributed by atoms with Gasteiger partial charge in [0.25, 0.3) is 27.5 Å². The molecule has 0 radical (unpaired) electrons. The normalized spacial score (nSPS) is 13.1. The number of pyridine rings is 1. The Morgan fingerprint density at radius 3 is 2.33 bits per heavy atom. The molecule has 2 heterocycles. The maximum Gasteiger partial charge on any atom is 0.294 e. The number of amides is 2. The van der Waals surface area contributed by atoms with Crippen LogP contribution in [0.3, 0.4) is 0 Å². The van der Waals surface area contributed by atoms with E-state index in [4.69, 9.17) is 10.5 Å². The number of nitrogens with two attached hydrogens (primary N) is 1. The Morgan fingerprint density at radius 2 is 1.67 bits per heavy atom. The third kappa shape index (κ3) is 3.21. The highest BCUT2D eigenvalue weighted by atomic mass is 32.2. The van der Waals surface area contributed by atoms with Crippen LogP contribution in [0, 0.1) is 0 Å². The maximum atomic E-state index is 12.7. The van der Waals surface area contributed by atoms with E-state index in [1.165, 1.54) is 6.07 Å². The van der Waals surface area contributed by atoms with Crippen molar-refractivity contribution >= 4 is 27.8 Å². The van der Waals surface area contributed by atoms with Crippen LogP contribution >= 0.6 is 0 Å². The van der Waals surface area contributed by atoms with Crippen LogP contribution in [0.15, 0.2) is 64.3 Å².